The highest BCUT2D eigenvalue weighted by Gasteiger charge is 2.18. The number of aromatic nitrogens is 3. The van der Waals surface area contributed by atoms with Gasteiger partial charge in [-0.3, -0.25) is 4.79 Å². The van der Waals surface area contributed by atoms with Crippen LogP contribution in [0.2, 0.25) is 5.02 Å². The van der Waals surface area contributed by atoms with E-state index in [0.29, 0.717) is 16.3 Å². The third kappa shape index (κ3) is 2.82. The first-order chi connectivity index (χ1) is 12.5. The molecule has 26 heavy (non-hydrogen) atoms. The smallest absolute Gasteiger partial charge is 0.258 e. The van der Waals surface area contributed by atoms with Gasteiger partial charge in [-0.2, -0.15) is 0 Å². The Kier molecular flexibility index (Phi) is 4.13. The largest absolute Gasteiger partial charge is 0.334 e. The average Bonchev–Trinajstić information content (AvgIpc) is 3.12. The van der Waals surface area contributed by atoms with Gasteiger partial charge < -0.3 is 9.55 Å². The van der Waals surface area contributed by atoms with Gasteiger partial charge in [-0.05, 0) is 37.6 Å². The fraction of sp³-hybridized carbons (Fsp3) is 0.143. The van der Waals surface area contributed by atoms with Gasteiger partial charge in [0.25, 0.3) is 5.56 Å². The summed E-state index contributed by atoms with van der Waals surface area (Å²) in [6.45, 7) is 4.15. The summed E-state index contributed by atoms with van der Waals surface area (Å²) in [5, 5.41) is 1.53. The highest BCUT2D eigenvalue weighted by molar-refractivity contribution is 6.31. The number of aromatic amines is 1. The van der Waals surface area contributed by atoms with Gasteiger partial charge >= 0.3 is 0 Å². The molecule has 0 unspecified atom stereocenters. The van der Waals surface area contributed by atoms with Crippen LogP contribution in [-0.2, 0) is 0 Å². The number of rotatable bonds is 3. The number of pyridine rings is 1. The lowest BCUT2D eigenvalue weighted by Crippen LogP contribution is -2.11. The van der Waals surface area contributed by atoms with Crippen molar-refractivity contribution < 1.29 is 0 Å². The summed E-state index contributed by atoms with van der Waals surface area (Å²) in [5.41, 5.74) is 3.62. The number of fused-ring (bicyclic) bond motifs is 1. The maximum Gasteiger partial charge on any atom is 0.258 e. The molecule has 0 spiro atoms. The van der Waals surface area contributed by atoms with Gasteiger partial charge in [0.1, 0.15) is 0 Å². The predicted octanol–water partition coefficient (Wildman–Crippen LogP) is 5.29. The topological polar surface area (TPSA) is 50.7 Å². The third-order valence-corrected chi connectivity index (χ3v) is 4.73. The summed E-state index contributed by atoms with van der Waals surface area (Å²) in [6.07, 6.45) is 3.68. The van der Waals surface area contributed by atoms with Gasteiger partial charge in [0.2, 0.25) is 0 Å². The van der Waals surface area contributed by atoms with E-state index in [1.54, 1.807) is 12.4 Å². The van der Waals surface area contributed by atoms with Gasteiger partial charge in [-0.25, -0.2) is 4.98 Å². The summed E-state index contributed by atoms with van der Waals surface area (Å²) in [5.74, 6) is 0. The quantitative estimate of drug-likeness (QED) is 0.537. The molecule has 130 valence electrons. The van der Waals surface area contributed by atoms with Crippen molar-refractivity contribution in [3.05, 3.63) is 76.4 Å². The molecule has 0 aliphatic heterocycles. The summed E-state index contributed by atoms with van der Waals surface area (Å²) < 4.78 is 1.99. The van der Waals surface area contributed by atoms with E-state index < -0.39 is 0 Å². The van der Waals surface area contributed by atoms with E-state index in [9.17, 15) is 4.79 Å². The molecule has 1 N–H and O–H groups in total. The van der Waals surface area contributed by atoms with E-state index in [2.05, 4.69) is 23.8 Å². The van der Waals surface area contributed by atoms with Crippen LogP contribution in [0.5, 0.6) is 0 Å². The second-order valence-corrected chi connectivity index (χ2v) is 7.00. The van der Waals surface area contributed by atoms with Crippen LogP contribution < -0.4 is 5.56 Å². The Morgan fingerprint density at radius 3 is 2.54 bits per heavy atom. The van der Waals surface area contributed by atoms with Gasteiger partial charge in [0.05, 0.1) is 17.6 Å². The Morgan fingerprint density at radius 2 is 1.85 bits per heavy atom. The van der Waals surface area contributed by atoms with E-state index in [-0.39, 0.29) is 11.6 Å². The van der Waals surface area contributed by atoms with E-state index in [1.807, 2.05) is 53.2 Å². The van der Waals surface area contributed by atoms with Gasteiger partial charge in [-0.1, -0.05) is 41.9 Å². The van der Waals surface area contributed by atoms with Crippen molar-refractivity contribution >= 4 is 22.5 Å². The van der Waals surface area contributed by atoms with Crippen LogP contribution >= 0.6 is 11.6 Å². The van der Waals surface area contributed by atoms with E-state index in [1.165, 1.54) is 0 Å². The highest BCUT2D eigenvalue weighted by Crippen LogP contribution is 2.35. The van der Waals surface area contributed by atoms with Gasteiger partial charge in [-0.15, -0.1) is 0 Å². The minimum Gasteiger partial charge on any atom is -0.334 e. The molecule has 0 amide bonds. The molecule has 0 atom stereocenters. The van der Waals surface area contributed by atoms with Crippen molar-refractivity contribution in [1.29, 1.82) is 0 Å². The number of halogens is 1. The molecule has 0 radical (unpaired) electrons. The van der Waals surface area contributed by atoms with Crippen molar-refractivity contribution in [3.63, 3.8) is 0 Å². The lowest BCUT2D eigenvalue weighted by molar-refractivity contribution is 0.600. The lowest BCUT2D eigenvalue weighted by Gasteiger charge is -2.12. The Morgan fingerprint density at radius 1 is 1.08 bits per heavy atom. The van der Waals surface area contributed by atoms with Crippen molar-refractivity contribution in [3.8, 4) is 22.4 Å². The molecule has 0 fully saturated rings. The summed E-state index contributed by atoms with van der Waals surface area (Å²) in [4.78, 5) is 20.4. The third-order valence-electron chi connectivity index (χ3n) is 4.49. The molecule has 0 bridgehead atoms. The number of nitrogens with one attached hydrogen (secondary N) is 1. The maximum absolute atomic E-state index is 13.0. The van der Waals surface area contributed by atoms with Crippen LogP contribution in [0.1, 0.15) is 19.9 Å². The minimum atomic E-state index is -0.160. The van der Waals surface area contributed by atoms with Gasteiger partial charge in [0.15, 0.2) is 0 Å². The molecule has 0 aliphatic carbocycles. The first kappa shape index (κ1) is 16.6. The molecule has 2 aromatic carbocycles. The molecule has 5 heteroatoms. The van der Waals surface area contributed by atoms with E-state index >= 15 is 0 Å². The van der Waals surface area contributed by atoms with Crippen LogP contribution in [0.25, 0.3) is 33.3 Å². The van der Waals surface area contributed by atoms with Crippen LogP contribution in [0.3, 0.4) is 0 Å². The molecule has 0 saturated heterocycles. The molecule has 2 heterocycles. The van der Waals surface area contributed by atoms with Crippen LogP contribution in [0.15, 0.2) is 65.8 Å². The number of benzene rings is 2. The molecule has 4 nitrogen and oxygen atoms in total. The Balaban J connectivity index is 2.11. The zero-order valence-corrected chi connectivity index (χ0v) is 15.3. The minimum absolute atomic E-state index is 0.160. The second-order valence-electron chi connectivity index (χ2n) is 6.56. The molecule has 0 aliphatic rings. The van der Waals surface area contributed by atoms with Crippen molar-refractivity contribution in [2.24, 2.45) is 0 Å². The Hall–Kier alpha value is -2.85. The zero-order chi connectivity index (χ0) is 18.3. The molecular formula is C21H18ClN3O. The normalized spacial score (nSPS) is 11.4. The number of hydrogen-bond donors (Lipinski definition) is 1. The first-order valence-electron chi connectivity index (χ1n) is 8.49. The van der Waals surface area contributed by atoms with Crippen molar-refractivity contribution in [2.75, 3.05) is 0 Å². The molecule has 0 saturated carbocycles. The Bertz CT molecular complexity index is 1140. The molecule has 4 rings (SSSR count). The maximum atomic E-state index is 13.0. The SMILES string of the molecule is CC(C)n1cnc(-c2c(-c3ccccc3)c3cc(Cl)ccc3[nH]c2=O)c1. The fourth-order valence-electron chi connectivity index (χ4n) is 3.16. The standard InChI is InChI=1S/C21H18ClN3O/c1-13(2)25-11-18(23-12-25)20-19(14-6-4-3-5-7-14)16-10-15(22)8-9-17(16)24-21(20)26/h3-13H,1-2H3,(H,24,26). The van der Waals surface area contributed by atoms with Crippen LogP contribution in [0, 0.1) is 0 Å². The molecule has 2 aromatic heterocycles. The monoisotopic (exact) mass is 363 g/mol. The summed E-state index contributed by atoms with van der Waals surface area (Å²) in [6, 6.07) is 15.6. The molecule has 4 aromatic rings. The summed E-state index contributed by atoms with van der Waals surface area (Å²) >= 11 is 6.25. The molecular weight excluding hydrogens is 346 g/mol. The number of imidazole rings is 1. The Labute approximate surface area is 156 Å². The number of H-pyrrole nitrogens is 1. The van der Waals surface area contributed by atoms with Crippen molar-refractivity contribution in [2.45, 2.75) is 19.9 Å². The number of nitrogens with zero attached hydrogens (tertiary/aromatic N) is 2. The van der Waals surface area contributed by atoms with E-state index in [4.69, 9.17) is 11.6 Å². The van der Waals surface area contributed by atoms with Crippen LogP contribution in [0.4, 0.5) is 0 Å². The summed E-state index contributed by atoms with van der Waals surface area (Å²) in [7, 11) is 0. The lowest BCUT2D eigenvalue weighted by atomic mass is 9.95. The first-order valence-corrected chi connectivity index (χ1v) is 8.87. The zero-order valence-electron chi connectivity index (χ0n) is 14.5. The van der Waals surface area contributed by atoms with Crippen LogP contribution in [-0.4, -0.2) is 14.5 Å². The van der Waals surface area contributed by atoms with Crippen molar-refractivity contribution in [1.82, 2.24) is 14.5 Å². The van der Waals surface area contributed by atoms with E-state index in [0.717, 1.165) is 22.0 Å². The van der Waals surface area contributed by atoms with Gasteiger partial charge in [0, 0.05) is 33.7 Å². The highest BCUT2D eigenvalue weighted by atomic mass is 35.5. The number of hydrogen-bond acceptors (Lipinski definition) is 2. The fourth-order valence-corrected chi connectivity index (χ4v) is 3.33. The predicted molar refractivity (Wildman–Crippen MR) is 107 cm³/mol. The average molecular weight is 364 g/mol. The second kappa shape index (κ2) is 6.46.